The van der Waals surface area contributed by atoms with E-state index in [0.717, 1.165) is 16.0 Å². The van der Waals surface area contributed by atoms with Crippen molar-refractivity contribution in [2.75, 3.05) is 30.2 Å². The fourth-order valence-corrected chi connectivity index (χ4v) is 3.20. The average Bonchev–Trinajstić information content (AvgIpc) is 2.65. The van der Waals surface area contributed by atoms with Crippen LogP contribution in [0.5, 0.6) is 0 Å². The van der Waals surface area contributed by atoms with Crippen molar-refractivity contribution in [1.29, 1.82) is 0 Å². The Labute approximate surface area is 155 Å². The number of rotatable bonds is 4. The van der Waals surface area contributed by atoms with Crippen LogP contribution in [0, 0.1) is 0 Å². The van der Waals surface area contributed by atoms with Crippen molar-refractivity contribution in [1.82, 2.24) is 14.9 Å². The third-order valence-electron chi connectivity index (χ3n) is 4.24. The van der Waals surface area contributed by atoms with Gasteiger partial charge in [-0.3, -0.25) is 9.80 Å². The average molecular weight is 373 g/mol. The number of thioether (sulfide) groups is 1. The maximum absolute atomic E-state index is 12.8. The third-order valence-corrected chi connectivity index (χ3v) is 4.80. The maximum atomic E-state index is 12.8. The first-order chi connectivity index (χ1) is 12.4. The fraction of sp³-hybridized carbons (Fsp3) is 0.294. The zero-order valence-electron chi connectivity index (χ0n) is 14.7. The molecule has 0 saturated carbocycles. The molecule has 1 aromatic carbocycles. The summed E-state index contributed by atoms with van der Waals surface area (Å²) in [4.78, 5) is 37.1. The molecule has 1 aliphatic heterocycles. The molecule has 0 atom stereocenters. The van der Waals surface area contributed by atoms with Crippen LogP contribution in [0.25, 0.3) is 0 Å². The van der Waals surface area contributed by atoms with E-state index in [9.17, 15) is 14.7 Å². The maximum Gasteiger partial charge on any atom is 0.411 e. The van der Waals surface area contributed by atoms with Gasteiger partial charge in [-0.1, -0.05) is 30.0 Å². The Morgan fingerprint density at radius 3 is 2.81 bits per heavy atom. The van der Waals surface area contributed by atoms with Crippen LogP contribution in [-0.2, 0) is 13.1 Å². The molecule has 0 unspecified atom stereocenters. The van der Waals surface area contributed by atoms with Gasteiger partial charge >= 0.3 is 12.1 Å². The van der Waals surface area contributed by atoms with Crippen LogP contribution in [0.4, 0.5) is 21.1 Å². The minimum Gasteiger partial charge on any atom is -0.465 e. The van der Waals surface area contributed by atoms with Gasteiger partial charge in [-0.25, -0.2) is 19.6 Å². The second kappa shape index (κ2) is 7.20. The summed E-state index contributed by atoms with van der Waals surface area (Å²) >= 11 is 1.42. The molecule has 1 aliphatic rings. The molecule has 1 N–H and O–H groups in total. The molecule has 0 bridgehead atoms. The summed E-state index contributed by atoms with van der Waals surface area (Å²) < 4.78 is 0. The first kappa shape index (κ1) is 18.0. The monoisotopic (exact) mass is 373 g/mol. The molecule has 136 valence electrons. The fourth-order valence-electron chi connectivity index (χ4n) is 2.86. The number of urea groups is 1. The predicted molar refractivity (Wildman–Crippen MR) is 99.7 cm³/mol. The molecule has 1 aromatic heterocycles. The smallest absolute Gasteiger partial charge is 0.411 e. The lowest BCUT2D eigenvalue weighted by atomic mass is 10.1. The van der Waals surface area contributed by atoms with Gasteiger partial charge in [0.1, 0.15) is 5.82 Å². The van der Waals surface area contributed by atoms with Gasteiger partial charge in [-0.05, 0) is 17.9 Å². The van der Waals surface area contributed by atoms with Gasteiger partial charge in [0, 0.05) is 32.4 Å². The van der Waals surface area contributed by atoms with Crippen LogP contribution in [0.3, 0.4) is 0 Å². The normalized spacial score (nSPS) is 13.6. The number of aromatic nitrogens is 2. The molecule has 2 aromatic rings. The third kappa shape index (κ3) is 3.30. The number of benzene rings is 1. The molecule has 0 spiro atoms. The predicted octanol–water partition coefficient (Wildman–Crippen LogP) is 2.88. The first-order valence-corrected chi connectivity index (χ1v) is 9.12. The van der Waals surface area contributed by atoms with Crippen LogP contribution in [0.2, 0.25) is 0 Å². The van der Waals surface area contributed by atoms with E-state index in [2.05, 4.69) is 9.97 Å². The second-order valence-corrected chi connectivity index (χ2v) is 6.65. The van der Waals surface area contributed by atoms with Gasteiger partial charge < -0.3 is 10.0 Å². The minimum atomic E-state index is -1.05. The Morgan fingerprint density at radius 2 is 2.12 bits per heavy atom. The van der Waals surface area contributed by atoms with E-state index in [1.165, 1.54) is 23.7 Å². The van der Waals surface area contributed by atoms with Gasteiger partial charge in [-0.2, -0.15) is 0 Å². The SMILES string of the molecule is CSc1ncc2c(n1)N(C)C(=O)N(Cc1ccccc1N(C)C(=O)O)C2. The summed E-state index contributed by atoms with van der Waals surface area (Å²) in [7, 11) is 3.16. The Kier molecular flexibility index (Phi) is 4.99. The number of carbonyl (C=O) groups is 2. The Balaban J connectivity index is 1.90. The highest BCUT2D eigenvalue weighted by molar-refractivity contribution is 7.98. The Morgan fingerprint density at radius 1 is 1.38 bits per heavy atom. The van der Waals surface area contributed by atoms with Gasteiger partial charge in [0.15, 0.2) is 5.16 Å². The highest BCUT2D eigenvalue weighted by atomic mass is 32.2. The van der Waals surface area contributed by atoms with E-state index in [-0.39, 0.29) is 6.03 Å². The lowest BCUT2D eigenvalue weighted by molar-refractivity contribution is 0.196. The van der Waals surface area contributed by atoms with Gasteiger partial charge in [-0.15, -0.1) is 0 Å². The highest BCUT2D eigenvalue weighted by Crippen LogP contribution is 2.29. The molecule has 26 heavy (non-hydrogen) atoms. The van der Waals surface area contributed by atoms with E-state index in [0.29, 0.717) is 29.8 Å². The number of carboxylic acid groups (broad SMARTS) is 1. The van der Waals surface area contributed by atoms with Crippen molar-refractivity contribution in [2.45, 2.75) is 18.2 Å². The molecule has 0 aliphatic carbocycles. The van der Waals surface area contributed by atoms with Gasteiger partial charge in [0.25, 0.3) is 0 Å². The lowest BCUT2D eigenvalue weighted by Gasteiger charge is -2.34. The number of amides is 3. The highest BCUT2D eigenvalue weighted by Gasteiger charge is 2.30. The summed E-state index contributed by atoms with van der Waals surface area (Å²) in [5.74, 6) is 0.613. The molecule has 0 saturated heterocycles. The van der Waals surface area contributed by atoms with Crippen molar-refractivity contribution in [2.24, 2.45) is 0 Å². The molecular weight excluding hydrogens is 354 g/mol. The molecule has 9 heteroatoms. The number of hydrogen-bond acceptors (Lipinski definition) is 5. The number of para-hydroxylation sites is 1. The van der Waals surface area contributed by atoms with Crippen molar-refractivity contribution in [3.05, 3.63) is 41.6 Å². The van der Waals surface area contributed by atoms with E-state index >= 15 is 0 Å². The van der Waals surface area contributed by atoms with Crippen molar-refractivity contribution in [3.63, 3.8) is 0 Å². The number of anilines is 2. The molecular formula is C17H19N5O3S. The molecule has 2 heterocycles. The van der Waals surface area contributed by atoms with E-state index < -0.39 is 6.09 Å². The van der Waals surface area contributed by atoms with E-state index in [1.807, 2.05) is 18.4 Å². The first-order valence-electron chi connectivity index (χ1n) is 7.89. The van der Waals surface area contributed by atoms with Crippen LogP contribution < -0.4 is 9.80 Å². The number of hydrogen-bond donors (Lipinski definition) is 1. The summed E-state index contributed by atoms with van der Waals surface area (Å²) in [6, 6.07) is 6.97. The zero-order chi connectivity index (χ0) is 18.8. The Bertz CT molecular complexity index is 860. The van der Waals surface area contributed by atoms with Crippen LogP contribution in [0.15, 0.2) is 35.6 Å². The zero-order valence-corrected chi connectivity index (χ0v) is 15.5. The minimum absolute atomic E-state index is 0.184. The van der Waals surface area contributed by atoms with Crippen LogP contribution in [-0.4, -0.2) is 52.4 Å². The largest absolute Gasteiger partial charge is 0.465 e. The van der Waals surface area contributed by atoms with E-state index in [1.54, 1.807) is 30.3 Å². The summed E-state index contributed by atoms with van der Waals surface area (Å²) in [5.41, 5.74) is 2.16. The molecule has 3 amide bonds. The topological polar surface area (TPSA) is 89.9 Å². The number of carbonyl (C=O) groups excluding carboxylic acids is 1. The summed E-state index contributed by atoms with van der Waals surface area (Å²) in [6.07, 6.45) is 2.57. The lowest BCUT2D eigenvalue weighted by Crippen LogP contribution is -2.45. The van der Waals surface area contributed by atoms with E-state index in [4.69, 9.17) is 0 Å². The molecule has 8 nitrogen and oxygen atoms in total. The van der Waals surface area contributed by atoms with Crippen LogP contribution in [0.1, 0.15) is 11.1 Å². The van der Waals surface area contributed by atoms with Crippen molar-refractivity contribution in [3.8, 4) is 0 Å². The van der Waals surface area contributed by atoms with Crippen molar-refractivity contribution >= 4 is 35.4 Å². The summed E-state index contributed by atoms with van der Waals surface area (Å²) in [6.45, 7) is 0.666. The number of nitrogens with zero attached hydrogens (tertiary/aromatic N) is 5. The van der Waals surface area contributed by atoms with Gasteiger partial charge in [0.05, 0.1) is 12.2 Å². The number of fused-ring (bicyclic) bond motifs is 1. The molecule has 3 rings (SSSR count). The quantitative estimate of drug-likeness (QED) is 0.655. The Hall–Kier alpha value is -2.81. The van der Waals surface area contributed by atoms with Gasteiger partial charge in [0.2, 0.25) is 0 Å². The molecule has 0 radical (unpaired) electrons. The van der Waals surface area contributed by atoms with Crippen LogP contribution >= 0.6 is 11.8 Å². The van der Waals surface area contributed by atoms with Crippen molar-refractivity contribution < 1.29 is 14.7 Å². The standard InChI is InChI=1S/C17H19N5O3S/c1-20(17(24)25)13-7-5-4-6-11(13)9-22-10-12-8-18-15(26-3)19-14(12)21(2)16(22)23/h4-8H,9-10H2,1-3H3,(H,24,25). The molecule has 0 fully saturated rings. The summed E-state index contributed by atoms with van der Waals surface area (Å²) in [5, 5.41) is 9.87. The second-order valence-electron chi connectivity index (χ2n) is 5.87.